The Balaban J connectivity index is 1.87. The molecule has 7 nitrogen and oxygen atoms in total. The number of amides is 1. The number of hydrazine groups is 1. The topological polar surface area (TPSA) is 83.2 Å². The van der Waals surface area contributed by atoms with Crippen LogP contribution in [0, 0.1) is 11.3 Å². The number of aromatic nitrogens is 2. The van der Waals surface area contributed by atoms with E-state index in [-0.39, 0.29) is 17.2 Å². The third kappa shape index (κ3) is 3.82. The molecule has 1 aliphatic heterocycles. The fourth-order valence-corrected chi connectivity index (χ4v) is 3.97. The smallest absolute Gasteiger partial charge is 0.287 e. The monoisotopic (exact) mass is 465 g/mol. The highest BCUT2D eigenvalue weighted by atomic mass is 79.9. The van der Waals surface area contributed by atoms with Crippen molar-refractivity contribution in [1.82, 2.24) is 20.2 Å². The first-order chi connectivity index (χ1) is 14.6. The summed E-state index contributed by atoms with van der Waals surface area (Å²) in [5.41, 5.74) is 5.26. The quantitative estimate of drug-likeness (QED) is 0.617. The number of hydrogen-bond donors (Lipinski definition) is 1. The van der Waals surface area contributed by atoms with Crippen molar-refractivity contribution in [2.24, 2.45) is 0 Å². The molecule has 8 heteroatoms. The molecule has 0 aliphatic carbocycles. The van der Waals surface area contributed by atoms with Crippen molar-refractivity contribution < 1.29 is 9.53 Å². The molecule has 0 unspecified atom stereocenters. The van der Waals surface area contributed by atoms with E-state index in [0.717, 1.165) is 41.7 Å². The molecule has 30 heavy (non-hydrogen) atoms. The van der Waals surface area contributed by atoms with Gasteiger partial charge in [-0.05, 0) is 65.2 Å². The van der Waals surface area contributed by atoms with Crippen LogP contribution >= 0.6 is 15.9 Å². The maximum absolute atomic E-state index is 13.0. The van der Waals surface area contributed by atoms with Crippen LogP contribution in [0.2, 0.25) is 0 Å². The number of methoxy groups -OCH3 is 1. The van der Waals surface area contributed by atoms with Crippen molar-refractivity contribution in [2.75, 3.05) is 20.2 Å². The molecule has 2 aromatic carbocycles. The molecule has 4 rings (SSSR count). The van der Waals surface area contributed by atoms with Gasteiger partial charge < -0.3 is 4.74 Å². The number of hydrogen-bond acceptors (Lipinski definition) is 5. The summed E-state index contributed by atoms with van der Waals surface area (Å²) < 4.78 is 7.69. The predicted octanol–water partition coefficient (Wildman–Crippen LogP) is 3.92. The van der Waals surface area contributed by atoms with Gasteiger partial charge >= 0.3 is 0 Å². The van der Waals surface area contributed by atoms with Gasteiger partial charge in [0.05, 0.1) is 18.5 Å². The van der Waals surface area contributed by atoms with Crippen molar-refractivity contribution in [1.29, 1.82) is 5.26 Å². The molecular weight excluding hydrogens is 446 g/mol. The first kappa shape index (κ1) is 20.1. The lowest BCUT2D eigenvalue weighted by molar-refractivity contribution is 0.0819. The molecule has 1 aromatic heterocycles. The van der Waals surface area contributed by atoms with Crippen LogP contribution in [0.5, 0.6) is 5.75 Å². The van der Waals surface area contributed by atoms with Gasteiger partial charge in [0.25, 0.3) is 5.91 Å². The molecule has 0 spiro atoms. The van der Waals surface area contributed by atoms with Gasteiger partial charge in [-0.25, -0.2) is 9.69 Å². The van der Waals surface area contributed by atoms with Gasteiger partial charge in [0.15, 0.2) is 5.69 Å². The average molecular weight is 466 g/mol. The molecule has 152 valence electrons. The summed E-state index contributed by atoms with van der Waals surface area (Å²) >= 11 is 3.55. The number of rotatable bonds is 5. The van der Waals surface area contributed by atoms with Gasteiger partial charge in [0.1, 0.15) is 17.4 Å². The van der Waals surface area contributed by atoms with Gasteiger partial charge in [0, 0.05) is 23.1 Å². The number of nitrogens with zero attached hydrogens (tertiary/aromatic N) is 4. The molecule has 0 atom stereocenters. The Morgan fingerprint density at radius 2 is 1.87 bits per heavy atom. The second kappa shape index (κ2) is 8.69. The van der Waals surface area contributed by atoms with E-state index >= 15 is 0 Å². The Labute approximate surface area is 183 Å². The van der Waals surface area contributed by atoms with E-state index in [1.807, 2.05) is 53.5 Å². The lowest BCUT2D eigenvalue weighted by atomic mass is 10.1. The lowest BCUT2D eigenvalue weighted by Crippen LogP contribution is -2.40. The fraction of sp³-hybridized carbons (Fsp3) is 0.227. The Morgan fingerprint density at radius 3 is 2.50 bits per heavy atom. The van der Waals surface area contributed by atoms with E-state index in [1.165, 1.54) is 0 Å². The third-order valence-electron chi connectivity index (χ3n) is 5.02. The second-order valence-corrected chi connectivity index (χ2v) is 7.77. The van der Waals surface area contributed by atoms with Crippen LogP contribution in [-0.2, 0) is 0 Å². The molecule has 0 saturated carbocycles. The molecule has 0 radical (unpaired) electrons. The van der Waals surface area contributed by atoms with Crippen LogP contribution in [0.1, 0.15) is 28.9 Å². The summed E-state index contributed by atoms with van der Waals surface area (Å²) in [6.07, 6.45) is 2.07. The Kier molecular flexibility index (Phi) is 5.84. The largest absolute Gasteiger partial charge is 0.497 e. The van der Waals surface area contributed by atoms with Gasteiger partial charge in [-0.2, -0.15) is 10.4 Å². The van der Waals surface area contributed by atoms with E-state index in [1.54, 1.807) is 11.8 Å². The van der Waals surface area contributed by atoms with Gasteiger partial charge in [-0.3, -0.25) is 10.2 Å². The van der Waals surface area contributed by atoms with Crippen molar-refractivity contribution in [3.8, 4) is 28.8 Å². The van der Waals surface area contributed by atoms with E-state index in [4.69, 9.17) is 4.74 Å². The number of benzene rings is 2. The molecule has 1 saturated heterocycles. The minimum atomic E-state index is -0.381. The number of carbonyl (C=O) groups is 1. The number of nitriles is 1. The van der Waals surface area contributed by atoms with Crippen molar-refractivity contribution in [3.05, 3.63) is 64.3 Å². The number of ether oxygens (including phenoxy) is 1. The standard InChI is InChI=1S/C22H20BrN5O2/c1-30-16-10-8-15(9-11-16)21-17(14-24)20(22(29)26-27-12-4-5-13-27)25-28(21)19-7-3-2-6-18(19)23/h2-3,6-11H,4-5,12-13H2,1H3,(H,26,29). The molecule has 1 fully saturated rings. The van der Waals surface area contributed by atoms with Gasteiger partial charge in [-0.1, -0.05) is 12.1 Å². The van der Waals surface area contributed by atoms with Crippen LogP contribution in [0.4, 0.5) is 0 Å². The zero-order valence-corrected chi connectivity index (χ0v) is 18.0. The summed E-state index contributed by atoms with van der Waals surface area (Å²) in [4.78, 5) is 13.0. The lowest BCUT2D eigenvalue weighted by Gasteiger charge is -2.15. The normalized spacial score (nSPS) is 13.8. The zero-order chi connectivity index (χ0) is 21.1. The average Bonchev–Trinajstić information content (AvgIpc) is 3.41. The number of carbonyl (C=O) groups excluding carboxylic acids is 1. The molecule has 1 aliphatic rings. The summed E-state index contributed by atoms with van der Waals surface area (Å²) in [6.45, 7) is 1.59. The first-order valence-corrected chi connectivity index (χ1v) is 10.4. The minimum absolute atomic E-state index is 0.103. The van der Waals surface area contributed by atoms with Crippen LogP contribution in [0.3, 0.4) is 0 Å². The molecule has 3 aromatic rings. The van der Waals surface area contributed by atoms with Gasteiger partial charge in [-0.15, -0.1) is 0 Å². The van der Waals surface area contributed by atoms with Crippen LogP contribution in [0.25, 0.3) is 16.9 Å². The number of halogens is 1. The first-order valence-electron chi connectivity index (χ1n) is 9.60. The molecule has 0 bridgehead atoms. The fourth-order valence-electron chi connectivity index (χ4n) is 3.52. The van der Waals surface area contributed by atoms with Crippen LogP contribution in [-0.4, -0.2) is 40.9 Å². The summed E-state index contributed by atoms with van der Waals surface area (Å²) in [5.74, 6) is 0.324. The molecule has 1 N–H and O–H groups in total. The highest BCUT2D eigenvalue weighted by Crippen LogP contribution is 2.32. The highest BCUT2D eigenvalue weighted by Gasteiger charge is 2.27. The summed E-state index contributed by atoms with van der Waals surface area (Å²) in [5, 5.41) is 16.4. The maximum Gasteiger partial charge on any atom is 0.287 e. The Bertz CT molecular complexity index is 1110. The second-order valence-electron chi connectivity index (χ2n) is 6.91. The molecule has 1 amide bonds. The summed E-state index contributed by atoms with van der Waals surface area (Å²) in [6, 6.07) is 17.1. The SMILES string of the molecule is COc1ccc(-c2c(C#N)c(C(=O)NN3CCCC3)nn2-c2ccccc2Br)cc1. The van der Waals surface area contributed by atoms with Crippen LogP contribution in [0.15, 0.2) is 53.0 Å². The minimum Gasteiger partial charge on any atom is -0.497 e. The van der Waals surface area contributed by atoms with Crippen molar-refractivity contribution in [2.45, 2.75) is 12.8 Å². The summed E-state index contributed by atoms with van der Waals surface area (Å²) in [7, 11) is 1.60. The maximum atomic E-state index is 13.0. The van der Waals surface area contributed by atoms with Crippen LogP contribution < -0.4 is 10.2 Å². The Hall–Kier alpha value is -3.15. The van der Waals surface area contributed by atoms with Gasteiger partial charge in [0.2, 0.25) is 0 Å². The third-order valence-corrected chi connectivity index (χ3v) is 5.69. The predicted molar refractivity (Wildman–Crippen MR) is 116 cm³/mol. The highest BCUT2D eigenvalue weighted by molar-refractivity contribution is 9.10. The van der Waals surface area contributed by atoms with Crippen molar-refractivity contribution in [3.63, 3.8) is 0 Å². The Morgan fingerprint density at radius 1 is 1.17 bits per heavy atom. The molecular formula is C22H20BrN5O2. The van der Waals surface area contributed by atoms with E-state index in [9.17, 15) is 10.1 Å². The number of para-hydroxylation sites is 1. The van der Waals surface area contributed by atoms with E-state index in [2.05, 4.69) is 32.5 Å². The number of nitrogens with one attached hydrogen (secondary N) is 1. The molecule has 2 heterocycles. The van der Waals surface area contributed by atoms with E-state index < -0.39 is 0 Å². The van der Waals surface area contributed by atoms with Crippen molar-refractivity contribution >= 4 is 21.8 Å². The van der Waals surface area contributed by atoms with E-state index in [0.29, 0.717) is 11.4 Å². The zero-order valence-electron chi connectivity index (χ0n) is 16.4.